The standard InChI is InChI=1S/C17H17BrO/c1-3-13-5-4-6-15(9-13)17(19)16-10-14(11-18)8-7-12(16)2/h4-10H,3,11H2,1-2H3. The summed E-state index contributed by atoms with van der Waals surface area (Å²) >= 11 is 3.43. The van der Waals surface area contributed by atoms with E-state index in [0.717, 1.165) is 34.0 Å². The lowest BCUT2D eigenvalue weighted by molar-refractivity contribution is 0.103. The molecule has 0 radical (unpaired) electrons. The van der Waals surface area contributed by atoms with Crippen molar-refractivity contribution in [3.8, 4) is 0 Å². The van der Waals surface area contributed by atoms with Gasteiger partial charge < -0.3 is 0 Å². The van der Waals surface area contributed by atoms with Gasteiger partial charge in [0.2, 0.25) is 0 Å². The molecular formula is C17H17BrO. The van der Waals surface area contributed by atoms with E-state index in [1.165, 1.54) is 5.56 Å². The van der Waals surface area contributed by atoms with E-state index in [4.69, 9.17) is 0 Å². The smallest absolute Gasteiger partial charge is 0.193 e. The third kappa shape index (κ3) is 3.13. The van der Waals surface area contributed by atoms with Crippen LogP contribution >= 0.6 is 15.9 Å². The highest BCUT2D eigenvalue weighted by molar-refractivity contribution is 9.08. The molecule has 1 nitrogen and oxygen atoms in total. The van der Waals surface area contributed by atoms with E-state index in [1.807, 2.05) is 43.3 Å². The van der Waals surface area contributed by atoms with Crippen LogP contribution in [-0.4, -0.2) is 5.78 Å². The quantitative estimate of drug-likeness (QED) is 0.591. The molecule has 0 saturated heterocycles. The molecule has 0 aromatic heterocycles. The normalized spacial score (nSPS) is 10.5. The highest BCUT2D eigenvalue weighted by Crippen LogP contribution is 2.18. The zero-order chi connectivity index (χ0) is 13.8. The van der Waals surface area contributed by atoms with Gasteiger partial charge in [0.15, 0.2) is 5.78 Å². The Hall–Kier alpha value is -1.41. The Morgan fingerprint density at radius 3 is 2.58 bits per heavy atom. The minimum Gasteiger partial charge on any atom is -0.289 e. The van der Waals surface area contributed by atoms with Gasteiger partial charge >= 0.3 is 0 Å². The second-order valence-corrected chi connectivity index (χ2v) is 5.23. The fourth-order valence-electron chi connectivity index (χ4n) is 2.08. The summed E-state index contributed by atoms with van der Waals surface area (Å²) < 4.78 is 0. The highest BCUT2D eigenvalue weighted by atomic mass is 79.9. The first kappa shape index (κ1) is 14.0. The van der Waals surface area contributed by atoms with Crippen LogP contribution in [0.1, 0.15) is 39.5 Å². The van der Waals surface area contributed by atoms with Gasteiger partial charge in [-0.3, -0.25) is 4.79 Å². The second kappa shape index (κ2) is 6.16. The van der Waals surface area contributed by atoms with Crippen LogP contribution in [0, 0.1) is 6.92 Å². The summed E-state index contributed by atoms with van der Waals surface area (Å²) in [4.78, 5) is 12.6. The number of aryl methyl sites for hydroxylation is 2. The Bertz CT molecular complexity index is 602. The van der Waals surface area contributed by atoms with Gasteiger partial charge in [-0.15, -0.1) is 0 Å². The Kier molecular flexibility index (Phi) is 4.54. The summed E-state index contributed by atoms with van der Waals surface area (Å²) in [5, 5.41) is 0.766. The van der Waals surface area contributed by atoms with Gasteiger partial charge in [-0.25, -0.2) is 0 Å². The van der Waals surface area contributed by atoms with E-state index in [0.29, 0.717) is 0 Å². The van der Waals surface area contributed by atoms with Crippen LogP contribution in [-0.2, 0) is 11.8 Å². The first-order chi connectivity index (χ1) is 9.15. The number of halogens is 1. The lowest BCUT2D eigenvalue weighted by atomic mass is 9.96. The highest BCUT2D eigenvalue weighted by Gasteiger charge is 2.12. The number of rotatable bonds is 4. The molecule has 2 heteroatoms. The number of hydrogen-bond acceptors (Lipinski definition) is 1. The molecule has 0 heterocycles. The summed E-state index contributed by atoms with van der Waals surface area (Å²) in [6.07, 6.45) is 0.946. The third-order valence-corrected chi connectivity index (χ3v) is 3.95. The minimum absolute atomic E-state index is 0.107. The van der Waals surface area contributed by atoms with Gasteiger partial charge in [-0.1, -0.05) is 53.2 Å². The Labute approximate surface area is 122 Å². The van der Waals surface area contributed by atoms with E-state index in [9.17, 15) is 4.79 Å². The number of carbonyl (C=O) groups excluding carboxylic acids is 1. The molecule has 2 aromatic rings. The zero-order valence-corrected chi connectivity index (χ0v) is 12.8. The fraction of sp³-hybridized carbons (Fsp3) is 0.235. The molecule has 2 aromatic carbocycles. The van der Waals surface area contributed by atoms with Crippen molar-refractivity contribution in [2.75, 3.05) is 0 Å². The molecule has 0 saturated carbocycles. The summed E-state index contributed by atoms with van der Waals surface area (Å²) in [5.74, 6) is 0.107. The largest absolute Gasteiger partial charge is 0.289 e. The van der Waals surface area contributed by atoms with Gasteiger partial charge in [0.05, 0.1) is 0 Å². The lowest BCUT2D eigenvalue weighted by Gasteiger charge is -2.08. The van der Waals surface area contributed by atoms with Crippen LogP contribution in [0.15, 0.2) is 42.5 Å². The molecular weight excluding hydrogens is 300 g/mol. The molecule has 0 N–H and O–H groups in total. The van der Waals surface area contributed by atoms with E-state index in [2.05, 4.69) is 28.9 Å². The van der Waals surface area contributed by atoms with Crippen LogP contribution in [0.3, 0.4) is 0 Å². The van der Waals surface area contributed by atoms with E-state index in [1.54, 1.807) is 0 Å². The predicted octanol–water partition coefficient (Wildman–Crippen LogP) is 4.68. The molecule has 0 fully saturated rings. The molecule has 0 aliphatic rings. The summed E-state index contributed by atoms with van der Waals surface area (Å²) in [6.45, 7) is 4.08. The summed E-state index contributed by atoms with van der Waals surface area (Å²) in [5.41, 5.74) is 4.91. The van der Waals surface area contributed by atoms with Crippen molar-refractivity contribution >= 4 is 21.7 Å². The van der Waals surface area contributed by atoms with E-state index >= 15 is 0 Å². The molecule has 0 spiro atoms. The van der Waals surface area contributed by atoms with Gasteiger partial charge in [0, 0.05) is 16.5 Å². The topological polar surface area (TPSA) is 17.1 Å². The molecule has 0 aliphatic heterocycles. The molecule has 0 unspecified atom stereocenters. The van der Waals surface area contributed by atoms with Crippen LogP contribution in [0.25, 0.3) is 0 Å². The summed E-state index contributed by atoms with van der Waals surface area (Å²) in [6, 6.07) is 13.9. The van der Waals surface area contributed by atoms with Crippen molar-refractivity contribution in [1.82, 2.24) is 0 Å². The monoisotopic (exact) mass is 316 g/mol. The lowest BCUT2D eigenvalue weighted by Crippen LogP contribution is -2.05. The van der Waals surface area contributed by atoms with Gasteiger partial charge in [-0.05, 0) is 42.2 Å². The van der Waals surface area contributed by atoms with Gasteiger partial charge in [0.1, 0.15) is 0 Å². The van der Waals surface area contributed by atoms with Crippen LogP contribution in [0.2, 0.25) is 0 Å². The summed E-state index contributed by atoms with van der Waals surface area (Å²) in [7, 11) is 0. The first-order valence-corrected chi connectivity index (χ1v) is 7.57. The molecule has 0 atom stereocenters. The van der Waals surface area contributed by atoms with Crippen LogP contribution in [0.4, 0.5) is 0 Å². The fourth-order valence-corrected chi connectivity index (χ4v) is 2.43. The van der Waals surface area contributed by atoms with Crippen molar-refractivity contribution in [2.45, 2.75) is 25.6 Å². The maximum absolute atomic E-state index is 12.6. The predicted molar refractivity (Wildman–Crippen MR) is 83.1 cm³/mol. The van der Waals surface area contributed by atoms with Crippen molar-refractivity contribution in [1.29, 1.82) is 0 Å². The molecule has 0 bridgehead atoms. The molecule has 0 amide bonds. The maximum Gasteiger partial charge on any atom is 0.193 e. The van der Waals surface area contributed by atoms with Gasteiger partial charge in [0.25, 0.3) is 0 Å². The number of hydrogen-bond donors (Lipinski definition) is 0. The number of carbonyl (C=O) groups is 1. The Balaban J connectivity index is 2.43. The zero-order valence-electron chi connectivity index (χ0n) is 11.2. The maximum atomic E-state index is 12.6. The van der Waals surface area contributed by atoms with Crippen molar-refractivity contribution in [2.24, 2.45) is 0 Å². The first-order valence-electron chi connectivity index (χ1n) is 6.45. The SMILES string of the molecule is CCc1cccc(C(=O)c2cc(CBr)ccc2C)c1. The molecule has 19 heavy (non-hydrogen) atoms. The van der Waals surface area contributed by atoms with Crippen LogP contribution in [0.5, 0.6) is 0 Å². The van der Waals surface area contributed by atoms with Crippen molar-refractivity contribution in [3.63, 3.8) is 0 Å². The second-order valence-electron chi connectivity index (χ2n) is 4.67. The average Bonchev–Trinajstić information content (AvgIpc) is 2.47. The number of benzene rings is 2. The molecule has 0 aliphatic carbocycles. The van der Waals surface area contributed by atoms with E-state index in [-0.39, 0.29) is 5.78 Å². The molecule has 98 valence electrons. The van der Waals surface area contributed by atoms with E-state index < -0.39 is 0 Å². The molecule has 2 rings (SSSR count). The Morgan fingerprint density at radius 1 is 1.11 bits per heavy atom. The number of ketones is 1. The minimum atomic E-state index is 0.107. The Morgan fingerprint density at radius 2 is 1.89 bits per heavy atom. The average molecular weight is 317 g/mol. The van der Waals surface area contributed by atoms with Crippen LogP contribution < -0.4 is 0 Å². The van der Waals surface area contributed by atoms with Crippen molar-refractivity contribution in [3.05, 3.63) is 70.3 Å². The van der Waals surface area contributed by atoms with Crippen molar-refractivity contribution < 1.29 is 4.79 Å². The third-order valence-electron chi connectivity index (χ3n) is 3.30. The number of alkyl halides is 1. The van der Waals surface area contributed by atoms with Gasteiger partial charge in [-0.2, -0.15) is 0 Å².